The van der Waals surface area contributed by atoms with Crippen LogP contribution in [0, 0.1) is 23.2 Å². The number of carbonyl (C=O) groups is 4. The zero-order valence-corrected chi connectivity index (χ0v) is 37.3. The molecule has 340 valence electrons. The van der Waals surface area contributed by atoms with Crippen molar-refractivity contribution >= 4 is 35.0 Å². The molecule has 5 aliphatic rings. The predicted molar refractivity (Wildman–Crippen MR) is 237 cm³/mol. The van der Waals surface area contributed by atoms with Crippen molar-refractivity contribution in [1.82, 2.24) is 40.4 Å². The summed E-state index contributed by atoms with van der Waals surface area (Å²) in [7, 11) is 2.73. The van der Waals surface area contributed by atoms with Gasteiger partial charge in [-0.05, 0) is 108 Å². The van der Waals surface area contributed by atoms with Crippen molar-refractivity contribution in [3.63, 3.8) is 0 Å². The average Bonchev–Trinajstić information content (AvgIpc) is 3.95. The smallest absolute Gasteiger partial charge is 0.407 e. The fourth-order valence-corrected chi connectivity index (χ4v) is 11.0. The monoisotopic (exact) mass is 888 g/mol. The number of ether oxygens (including phenoxy) is 2. The van der Waals surface area contributed by atoms with E-state index in [0.29, 0.717) is 58.1 Å². The quantitative estimate of drug-likeness (QED) is 0.108. The first-order valence-corrected chi connectivity index (χ1v) is 22.7. The van der Waals surface area contributed by atoms with E-state index in [-0.39, 0.29) is 64.2 Å². The van der Waals surface area contributed by atoms with Gasteiger partial charge in [-0.1, -0.05) is 58.0 Å². The van der Waals surface area contributed by atoms with Gasteiger partial charge in [-0.25, -0.2) is 19.6 Å². The van der Waals surface area contributed by atoms with Crippen LogP contribution < -0.4 is 10.6 Å². The van der Waals surface area contributed by atoms with Crippen LogP contribution in [0.4, 0.5) is 18.4 Å². The molecule has 0 unspecified atom stereocenters. The number of nitrogens with one attached hydrogen (secondary N) is 4. The number of nitrogens with zero attached hydrogens (tertiary/aromatic N) is 4. The molecule has 2 saturated carbocycles. The van der Waals surface area contributed by atoms with Crippen molar-refractivity contribution in [3.8, 4) is 33.5 Å². The SMILES string of the molecule is CNC(=O)O[C@@H](C(=O)N1CC2(CC2)C[C@H]1c1ncc(-c2ccc3c(c2)C(F)(F)c2cc(-c4ccc5nc([C@@H]6[C@H]7CC[C@H](C7)N6C(=O)[C@H](NC(=O)OC)C(C)C)[nH]c5c4)ccc2-3)[nH]1)C(C)C. The number of amides is 4. The number of alkyl halides is 2. The molecule has 2 aromatic heterocycles. The highest BCUT2D eigenvalue weighted by atomic mass is 19.3. The molecule has 3 aromatic carbocycles. The Kier molecular flexibility index (Phi) is 10.3. The van der Waals surface area contributed by atoms with E-state index in [1.807, 2.05) is 62.9 Å². The maximum atomic E-state index is 16.7. The molecular formula is C49H54F2N8O6. The van der Waals surface area contributed by atoms with Crippen molar-refractivity contribution < 1.29 is 37.4 Å². The zero-order chi connectivity index (χ0) is 45.7. The predicted octanol–water partition coefficient (Wildman–Crippen LogP) is 8.61. The molecule has 16 heteroatoms. The topological polar surface area (TPSA) is 175 Å². The summed E-state index contributed by atoms with van der Waals surface area (Å²) in [6.07, 6.45) is 4.75. The largest absolute Gasteiger partial charge is 0.453 e. The van der Waals surface area contributed by atoms with Gasteiger partial charge in [0.15, 0.2) is 6.10 Å². The number of H-pyrrole nitrogens is 2. The van der Waals surface area contributed by atoms with Crippen LogP contribution in [0.3, 0.4) is 0 Å². The minimum Gasteiger partial charge on any atom is -0.453 e. The molecule has 4 N–H and O–H groups in total. The van der Waals surface area contributed by atoms with Gasteiger partial charge in [-0.2, -0.15) is 8.78 Å². The number of imidazole rings is 2. The Hall–Kier alpha value is -6.32. The molecule has 4 fully saturated rings. The van der Waals surface area contributed by atoms with Gasteiger partial charge >= 0.3 is 12.2 Å². The molecule has 4 heterocycles. The number of rotatable bonds is 10. The van der Waals surface area contributed by atoms with Crippen LogP contribution in [0.5, 0.6) is 0 Å². The molecule has 14 nitrogen and oxygen atoms in total. The third kappa shape index (κ3) is 7.19. The molecule has 4 amide bonds. The van der Waals surface area contributed by atoms with Gasteiger partial charge in [0, 0.05) is 36.3 Å². The van der Waals surface area contributed by atoms with Gasteiger partial charge in [0.05, 0.1) is 42.1 Å². The first-order valence-electron chi connectivity index (χ1n) is 22.7. The van der Waals surface area contributed by atoms with E-state index in [2.05, 4.69) is 25.6 Å². The molecule has 10 rings (SSSR count). The van der Waals surface area contributed by atoms with Crippen LogP contribution in [0.1, 0.15) is 101 Å². The fraction of sp³-hybridized carbons (Fsp3) is 0.469. The van der Waals surface area contributed by atoms with Crippen molar-refractivity contribution in [3.05, 3.63) is 83.6 Å². The number of halogens is 2. The number of hydrogen-bond donors (Lipinski definition) is 4. The number of carbonyl (C=O) groups excluding carboxylic acids is 4. The highest BCUT2D eigenvalue weighted by molar-refractivity contribution is 5.89. The Morgan fingerprint density at radius 1 is 0.846 bits per heavy atom. The number of fused-ring (bicyclic) bond motifs is 6. The summed E-state index contributed by atoms with van der Waals surface area (Å²) in [6.45, 7) is 8.00. The third-order valence-corrected chi connectivity index (χ3v) is 14.6. The van der Waals surface area contributed by atoms with E-state index in [4.69, 9.17) is 14.5 Å². The second kappa shape index (κ2) is 15.7. The molecule has 6 atom stereocenters. The van der Waals surface area contributed by atoms with Crippen LogP contribution in [-0.4, -0.2) is 92.6 Å². The van der Waals surface area contributed by atoms with E-state index in [9.17, 15) is 19.2 Å². The molecule has 3 aliphatic carbocycles. The summed E-state index contributed by atoms with van der Waals surface area (Å²) >= 11 is 0. The highest BCUT2D eigenvalue weighted by Crippen LogP contribution is 2.59. The first kappa shape index (κ1) is 42.6. The number of benzene rings is 3. The molecule has 2 saturated heterocycles. The maximum absolute atomic E-state index is 16.7. The lowest BCUT2D eigenvalue weighted by Gasteiger charge is -2.37. The Balaban J connectivity index is 0.896. The van der Waals surface area contributed by atoms with Crippen molar-refractivity contribution in [2.24, 2.45) is 23.2 Å². The fourth-order valence-electron chi connectivity index (χ4n) is 11.0. The highest BCUT2D eigenvalue weighted by Gasteiger charge is 2.56. The van der Waals surface area contributed by atoms with E-state index >= 15 is 8.78 Å². The lowest BCUT2D eigenvalue weighted by Crippen LogP contribution is -2.54. The van der Waals surface area contributed by atoms with E-state index < -0.39 is 30.3 Å². The maximum Gasteiger partial charge on any atom is 0.407 e. The summed E-state index contributed by atoms with van der Waals surface area (Å²) < 4.78 is 43.7. The Morgan fingerprint density at radius 2 is 1.54 bits per heavy atom. The number of aromatic nitrogens is 4. The summed E-state index contributed by atoms with van der Waals surface area (Å²) in [4.78, 5) is 72.5. The lowest BCUT2D eigenvalue weighted by atomic mass is 9.95. The standard InChI is InChI=1S/C49H54F2N8O6/c1-24(2)39(57-47(63)64-6)44(60)59-30-11-7-29(17-30)40(59)43-54-35-14-10-27(20-36(35)55-43)26-8-12-31-32-13-9-28(19-34(32)49(50,51)33(31)18-26)37-22-53-42(56-37)38-21-48(15-16-48)23-58(38)45(61)41(25(3)4)65-46(62)52-5/h8-10,12-14,18-20,22,24-25,29-30,38-41H,7,11,15-17,21,23H2,1-6H3,(H,52,62)(H,53,56)(H,54,55)(H,57,63)/t29-,30+,38-,39+,40-,41+/m0/s1. The minimum absolute atomic E-state index is 0.00198. The number of aromatic amines is 2. The van der Waals surface area contributed by atoms with Gasteiger partial charge in [-0.3, -0.25) is 9.59 Å². The van der Waals surface area contributed by atoms with Crippen LogP contribution in [-0.2, 0) is 25.0 Å². The second-order valence-corrected chi connectivity index (χ2v) is 19.4. The zero-order valence-electron chi connectivity index (χ0n) is 37.3. The number of piperidine rings is 1. The van der Waals surface area contributed by atoms with Crippen molar-refractivity contribution in [2.45, 2.75) is 102 Å². The molecule has 0 radical (unpaired) electrons. The third-order valence-electron chi connectivity index (χ3n) is 14.6. The summed E-state index contributed by atoms with van der Waals surface area (Å²) in [6, 6.07) is 14.5. The molecule has 2 bridgehead atoms. The summed E-state index contributed by atoms with van der Waals surface area (Å²) in [5, 5.41) is 5.16. The van der Waals surface area contributed by atoms with E-state index in [1.54, 1.807) is 29.3 Å². The minimum atomic E-state index is -3.29. The number of methoxy groups -OCH3 is 1. The average molecular weight is 889 g/mol. The van der Waals surface area contributed by atoms with Gasteiger partial charge in [-0.15, -0.1) is 0 Å². The van der Waals surface area contributed by atoms with Gasteiger partial charge in [0.25, 0.3) is 11.8 Å². The molecular weight excluding hydrogens is 835 g/mol. The van der Waals surface area contributed by atoms with Crippen molar-refractivity contribution in [2.75, 3.05) is 20.7 Å². The number of alkyl carbamates (subject to hydrolysis) is 2. The number of likely N-dealkylation sites (tertiary alicyclic amines) is 2. The Morgan fingerprint density at radius 3 is 2.22 bits per heavy atom. The van der Waals surface area contributed by atoms with Gasteiger partial charge in [0.1, 0.15) is 17.7 Å². The normalized spacial score (nSPS) is 22.9. The summed E-state index contributed by atoms with van der Waals surface area (Å²) in [5.41, 5.74) is 4.65. The Bertz CT molecular complexity index is 2740. The van der Waals surface area contributed by atoms with Crippen molar-refractivity contribution in [1.29, 1.82) is 0 Å². The number of hydrogen-bond acceptors (Lipinski definition) is 8. The Labute approximate surface area is 375 Å². The van der Waals surface area contributed by atoms with Crippen LogP contribution >= 0.6 is 0 Å². The summed E-state index contributed by atoms with van der Waals surface area (Å²) in [5.74, 6) is -2.69. The molecule has 65 heavy (non-hydrogen) atoms. The van der Waals surface area contributed by atoms with Crippen LogP contribution in [0.25, 0.3) is 44.5 Å². The van der Waals surface area contributed by atoms with E-state index in [0.717, 1.165) is 43.2 Å². The van der Waals surface area contributed by atoms with E-state index in [1.165, 1.54) is 20.2 Å². The molecule has 5 aromatic rings. The first-order chi connectivity index (χ1) is 31.1. The molecule has 2 aliphatic heterocycles. The van der Waals surface area contributed by atoms with Crippen LogP contribution in [0.15, 0.2) is 60.8 Å². The van der Waals surface area contributed by atoms with Gasteiger partial charge in [0.2, 0.25) is 5.91 Å². The van der Waals surface area contributed by atoms with Crippen LogP contribution in [0.2, 0.25) is 0 Å². The second-order valence-electron chi connectivity index (χ2n) is 19.4. The molecule has 1 spiro atoms. The van der Waals surface area contributed by atoms with Gasteiger partial charge < -0.3 is 39.9 Å². The lowest BCUT2D eigenvalue weighted by molar-refractivity contribution is -0.144.